The summed E-state index contributed by atoms with van der Waals surface area (Å²) in [6.07, 6.45) is 4.92. The van der Waals surface area contributed by atoms with Crippen LogP contribution in [0, 0.1) is 0 Å². The van der Waals surface area contributed by atoms with E-state index in [0.717, 1.165) is 36.9 Å². The molecular formula is C9H14BrN3O. The van der Waals surface area contributed by atoms with Crippen LogP contribution in [0.1, 0.15) is 18.5 Å². The third-order valence-electron chi connectivity index (χ3n) is 2.58. The van der Waals surface area contributed by atoms with Crippen molar-refractivity contribution in [3.63, 3.8) is 0 Å². The topological polar surface area (TPSA) is 39.9 Å². The Hall–Kier alpha value is -0.420. The molecule has 0 spiro atoms. The van der Waals surface area contributed by atoms with Crippen LogP contribution in [0.15, 0.2) is 6.20 Å². The maximum Gasteiger partial charge on any atom is 0.0856 e. The molecule has 1 aromatic heterocycles. The normalized spacial score (nSPS) is 27.0. The number of aromatic nitrogens is 3. The summed E-state index contributed by atoms with van der Waals surface area (Å²) in [7, 11) is 1.83. The molecule has 0 N–H and O–H groups in total. The van der Waals surface area contributed by atoms with Gasteiger partial charge < -0.3 is 4.74 Å². The minimum Gasteiger partial charge on any atom is -0.374 e. The number of nitrogens with zero attached hydrogens (tertiary/aromatic N) is 3. The first-order valence-electron chi connectivity index (χ1n) is 4.79. The Kier molecular flexibility index (Phi) is 2.88. The molecule has 0 radical (unpaired) electrons. The summed E-state index contributed by atoms with van der Waals surface area (Å²) in [5, 5.41) is 9.20. The van der Waals surface area contributed by atoms with E-state index in [2.05, 4.69) is 26.1 Å². The summed E-state index contributed by atoms with van der Waals surface area (Å²) in [6.45, 7) is 0.867. The Balaban J connectivity index is 2.08. The fraction of sp³-hybridized carbons (Fsp3) is 0.778. The van der Waals surface area contributed by atoms with Crippen molar-refractivity contribution < 1.29 is 4.74 Å². The van der Waals surface area contributed by atoms with Crippen molar-refractivity contribution in [1.82, 2.24) is 15.0 Å². The van der Waals surface area contributed by atoms with Crippen LogP contribution >= 0.6 is 15.9 Å². The van der Waals surface area contributed by atoms with Crippen molar-refractivity contribution in [3.8, 4) is 0 Å². The van der Waals surface area contributed by atoms with Gasteiger partial charge in [0.15, 0.2) is 0 Å². The molecule has 1 fully saturated rings. The summed E-state index contributed by atoms with van der Waals surface area (Å²) < 4.78 is 5.78. The highest BCUT2D eigenvalue weighted by Crippen LogP contribution is 2.30. The molecule has 2 rings (SSSR count). The molecule has 1 saturated heterocycles. The zero-order chi connectivity index (χ0) is 10.0. The molecule has 0 bridgehead atoms. The Morgan fingerprint density at radius 1 is 1.71 bits per heavy atom. The van der Waals surface area contributed by atoms with Crippen LogP contribution in [0.3, 0.4) is 0 Å². The Morgan fingerprint density at radius 3 is 3.07 bits per heavy atom. The molecule has 2 heterocycles. The molecule has 0 saturated carbocycles. The van der Waals surface area contributed by atoms with Gasteiger partial charge in [0, 0.05) is 25.4 Å². The van der Waals surface area contributed by atoms with Gasteiger partial charge in [-0.3, -0.25) is 0 Å². The van der Waals surface area contributed by atoms with Gasteiger partial charge in [0.2, 0.25) is 0 Å². The summed E-state index contributed by atoms with van der Waals surface area (Å²) in [4.78, 5) is 1.59. The predicted molar refractivity (Wildman–Crippen MR) is 56.4 cm³/mol. The molecule has 1 atom stereocenters. The van der Waals surface area contributed by atoms with Crippen LogP contribution in [0.2, 0.25) is 0 Å². The second-order valence-electron chi connectivity index (χ2n) is 3.77. The van der Waals surface area contributed by atoms with Gasteiger partial charge in [0.05, 0.1) is 17.5 Å². The molecule has 1 unspecified atom stereocenters. The fourth-order valence-electron chi connectivity index (χ4n) is 1.85. The standard InChI is InChI=1S/C9H14BrN3O/c1-13-11-6-8(12-13)5-9(7-10)3-2-4-14-9/h6H,2-5,7H2,1H3. The number of aryl methyl sites for hydroxylation is 1. The lowest BCUT2D eigenvalue weighted by Gasteiger charge is -2.24. The fourth-order valence-corrected chi connectivity index (χ4v) is 2.49. The first-order valence-corrected chi connectivity index (χ1v) is 5.91. The third-order valence-corrected chi connectivity index (χ3v) is 3.60. The van der Waals surface area contributed by atoms with E-state index in [1.54, 1.807) is 4.80 Å². The molecule has 78 valence electrons. The van der Waals surface area contributed by atoms with Gasteiger partial charge >= 0.3 is 0 Å². The monoisotopic (exact) mass is 259 g/mol. The maximum absolute atomic E-state index is 5.78. The quantitative estimate of drug-likeness (QED) is 0.769. The third kappa shape index (κ3) is 1.98. The zero-order valence-electron chi connectivity index (χ0n) is 8.24. The number of hydrogen-bond acceptors (Lipinski definition) is 3. The minimum absolute atomic E-state index is 0.0456. The number of halogens is 1. The van der Waals surface area contributed by atoms with Crippen LogP contribution in [-0.4, -0.2) is 32.5 Å². The highest BCUT2D eigenvalue weighted by atomic mass is 79.9. The van der Waals surface area contributed by atoms with E-state index >= 15 is 0 Å². The summed E-state index contributed by atoms with van der Waals surface area (Å²) in [5.41, 5.74) is 0.963. The van der Waals surface area contributed by atoms with Crippen LogP contribution < -0.4 is 0 Å². The van der Waals surface area contributed by atoms with Crippen molar-refractivity contribution in [3.05, 3.63) is 11.9 Å². The Bertz CT molecular complexity index is 307. The van der Waals surface area contributed by atoms with Gasteiger partial charge in [-0.15, -0.1) is 0 Å². The van der Waals surface area contributed by atoms with E-state index in [1.165, 1.54) is 0 Å². The minimum atomic E-state index is -0.0456. The van der Waals surface area contributed by atoms with Gasteiger partial charge in [-0.1, -0.05) is 15.9 Å². The maximum atomic E-state index is 5.78. The molecule has 0 amide bonds. The SMILES string of the molecule is Cn1ncc(CC2(CBr)CCCO2)n1. The van der Waals surface area contributed by atoms with Gasteiger partial charge in [-0.05, 0) is 12.8 Å². The molecule has 14 heavy (non-hydrogen) atoms. The van der Waals surface area contributed by atoms with Crippen LogP contribution in [0.25, 0.3) is 0 Å². The zero-order valence-corrected chi connectivity index (χ0v) is 9.83. The van der Waals surface area contributed by atoms with Crippen molar-refractivity contribution in [2.24, 2.45) is 7.05 Å². The number of rotatable bonds is 3. The van der Waals surface area contributed by atoms with Gasteiger partial charge in [-0.2, -0.15) is 15.0 Å². The molecule has 1 aliphatic rings. The molecule has 0 aliphatic carbocycles. The van der Waals surface area contributed by atoms with E-state index in [9.17, 15) is 0 Å². The van der Waals surface area contributed by atoms with Crippen LogP contribution in [-0.2, 0) is 18.2 Å². The lowest BCUT2D eigenvalue weighted by Crippen LogP contribution is -2.32. The molecule has 1 aliphatic heterocycles. The Morgan fingerprint density at radius 2 is 2.57 bits per heavy atom. The van der Waals surface area contributed by atoms with Gasteiger partial charge in [0.25, 0.3) is 0 Å². The van der Waals surface area contributed by atoms with Crippen molar-refractivity contribution >= 4 is 15.9 Å². The van der Waals surface area contributed by atoms with Crippen molar-refractivity contribution in [2.75, 3.05) is 11.9 Å². The molecule has 0 aromatic carbocycles. The van der Waals surface area contributed by atoms with E-state index < -0.39 is 0 Å². The number of ether oxygens (including phenoxy) is 1. The highest BCUT2D eigenvalue weighted by molar-refractivity contribution is 9.09. The smallest absolute Gasteiger partial charge is 0.0856 e. The lowest BCUT2D eigenvalue weighted by molar-refractivity contribution is 0.0251. The summed E-state index contributed by atoms with van der Waals surface area (Å²) >= 11 is 3.52. The largest absolute Gasteiger partial charge is 0.374 e. The number of hydrogen-bond donors (Lipinski definition) is 0. The average molecular weight is 260 g/mol. The van der Waals surface area contributed by atoms with Crippen LogP contribution in [0.5, 0.6) is 0 Å². The van der Waals surface area contributed by atoms with Gasteiger partial charge in [-0.25, -0.2) is 0 Å². The van der Waals surface area contributed by atoms with Crippen molar-refractivity contribution in [1.29, 1.82) is 0 Å². The van der Waals surface area contributed by atoms with Crippen molar-refractivity contribution in [2.45, 2.75) is 24.9 Å². The van der Waals surface area contributed by atoms with Gasteiger partial charge in [0.1, 0.15) is 0 Å². The molecular weight excluding hydrogens is 246 g/mol. The highest BCUT2D eigenvalue weighted by Gasteiger charge is 2.34. The number of alkyl halides is 1. The van der Waals surface area contributed by atoms with E-state index in [0.29, 0.717) is 0 Å². The second-order valence-corrected chi connectivity index (χ2v) is 4.33. The predicted octanol–water partition coefficient (Wildman–Crippen LogP) is 1.30. The first kappa shape index (κ1) is 10.1. The summed E-state index contributed by atoms with van der Waals surface area (Å²) in [5.74, 6) is 0. The van der Waals surface area contributed by atoms with E-state index in [1.807, 2.05) is 13.2 Å². The Labute approximate surface area is 91.8 Å². The molecule has 4 nitrogen and oxygen atoms in total. The summed E-state index contributed by atoms with van der Waals surface area (Å²) in [6, 6.07) is 0. The van der Waals surface area contributed by atoms with E-state index in [4.69, 9.17) is 4.74 Å². The molecule has 1 aromatic rings. The lowest BCUT2D eigenvalue weighted by atomic mass is 9.97. The van der Waals surface area contributed by atoms with E-state index in [-0.39, 0.29) is 5.60 Å². The first-order chi connectivity index (χ1) is 6.74. The molecule has 5 heteroatoms. The second kappa shape index (κ2) is 3.98. The average Bonchev–Trinajstić information content (AvgIpc) is 2.77. The van der Waals surface area contributed by atoms with Crippen LogP contribution in [0.4, 0.5) is 0 Å².